The third kappa shape index (κ3) is 7.89. The van der Waals surface area contributed by atoms with Crippen LogP contribution in [0.1, 0.15) is 41.2 Å². The summed E-state index contributed by atoms with van der Waals surface area (Å²) in [5, 5.41) is 33.4. The molecular weight excluding hydrogens is 380 g/mol. The minimum Gasteiger partial charge on any atom is -0.400 e. The molecule has 0 atom stereocenters. The maximum Gasteiger partial charge on any atom is 0.269 e. The van der Waals surface area contributed by atoms with E-state index in [-0.39, 0.29) is 17.9 Å². The van der Waals surface area contributed by atoms with E-state index in [2.05, 4.69) is 5.32 Å². The first kappa shape index (κ1) is 26.0. The number of aryl methyl sites for hydroxylation is 1. The van der Waals surface area contributed by atoms with E-state index in [0.717, 1.165) is 12.7 Å². The number of amides is 1. The minimum absolute atomic E-state index is 0.0286. The summed E-state index contributed by atoms with van der Waals surface area (Å²) in [5.74, 6) is -0.449. The molecule has 2 aromatic carbocycles. The summed E-state index contributed by atoms with van der Waals surface area (Å²) in [4.78, 5) is 11.3. The molecule has 0 radical (unpaired) electrons. The number of nitrogens with one attached hydrogen (secondary N) is 3. The van der Waals surface area contributed by atoms with Crippen LogP contribution in [0, 0.1) is 17.7 Å². The molecule has 0 saturated carbocycles. The fraction of sp³-hybridized carbons (Fsp3) is 0.286. The quantitative estimate of drug-likeness (QED) is 0.490. The smallest absolute Gasteiger partial charge is 0.269 e. The highest BCUT2D eigenvalue weighted by atomic mass is 19.3. The first-order valence-electron chi connectivity index (χ1n) is 8.61. The number of carbonyl (C=O) groups excluding carboxylic acids is 1. The summed E-state index contributed by atoms with van der Waals surface area (Å²) in [6.45, 7) is 3.25. The Morgan fingerprint density at radius 3 is 2.21 bits per heavy atom. The van der Waals surface area contributed by atoms with Gasteiger partial charge in [0.15, 0.2) is 0 Å². The molecule has 0 aliphatic carbocycles. The number of alkyl halides is 2. The van der Waals surface area contributed by atoms with Gasteiger partial charge in [-0.3, -0.25) is 10.2 Å². The maximum absolute atomic E-state index is 12.1. The average Bonchev–Trinajstić information content (AvgIpc) is 2.74. The summed E-state index contributed by atoms with van der Waals surface area (Å²) in [5.41, 5.74) is 2.70. The molecule has 0 spiro atoms. The van der Waals surface area contributed by atoms with Crippen LogP contribution in [0.2, 0.25) is 0 Å². The van der Waals surface area contributed by atoms with E-state index in [1.54, 1.807) is 25.1 Å². The van der Waals surface area contributed by atoms with Crippen LogP contribution in [0.3, 0.4) is 0 Å². The number of hydrogen-bond acceptors (Lipinski definition) is 5. The molecule has 1 amide bonds. The Morgan fingerprint density at radius 2 is 1.72 bits per heavy atom. The van der Waals surface area contributed by atoms with E-state index in [1.165, 1.54) is 25.2 Å². The van der Waals surface area contributed by atoms with Crippen molar-refractivity contribution in [2.24, 2.45) is 0 Å². The Morgan fingerprint density at radius 1 is 1.14 bits per heavy atom. The predicted octanol–water partition coefficient (Wildman–Crippen LogP) is 3.22. The van der Waals surface area contributed by atoms with Gasteiger partial charge in [0.1, 0.15) is 5.71 Å². The molecule has 29 heavy (non-hydrogen) atoms. The molecule has 6 nitrogen and oxygen atoms in total. The van der Waals surface area contributed by atoms with Crippen LogP contribution >= 0.6 is 0 Å². The summed E-state index contributed by atoms with van der Waals surface area (Å²) in [6, 6.07) is 11.1. The molecule has 158 valence electrons. The fourth-order valence-electron chi connectivity index (χ4n) is 2.30. The van der Waals surface area contributed by atoms with E-state index >= 15 is 0 Å². The second kappa shape index (κ2) is 13.2. The third-order valence-electron chi connectivity index (χ3n) is 3.86. The van der Waals surface area contributed by atoms with Crippen molar-refractivity contribution in [3.05, 3.63) is 70.3 Å². The maximum atomic E-state index is 12.1. The normalized spacial score (nSPS) is 9.55. The van der Waals surface area contributed by atoms with Crippen molar-refractivity contribution in [1.29, 1.82) is 10.8 Å². The van der Waals surface area contributed by atoms with Gasteiger partial charge < -0.3 is 20.9 Å². The molecule has 0 fully saturated rings. The van der Waals surface area contributed by atoms with Crippen LogP contribution in [0.5, 0.6) is 0 Å². The molecule has 0 aromatic heterocycles. The number of likely N-dealkylation sites (N-methyl/N-ethyl adjacent to an activating group) is 1. The van der Waals surface area contributed by atoms with Crippen molar-refractivity contribution >= 4 is 17.3 Å². The fourth-order valence-corrected chi connectivity index (χ4v) is 2.30. The van der Waals surface area contributed by atoms with Gasteiger partial charge in [-0.05, 0) is 36.6 Å². The van der Waals surface area contributed by atoms with Crippen molar-refractivity contribution in [1.82, 2.24) is 5.32 Å². The number of halogens is 2. The highest BCUT2D eigenvalue weighted by Gasteiger charge is 2.14. The zero-order chi connectivity index (χ0) is 22.6. The Labute approximate surface area is 169 Å². The van der Waals surface area contributed by atoms with Crippen molar-refractivity contribution in [2.75, 3.05) is 14.2 Å². The highest BCUT2D eigenvalue weighted by Crippen LogP contribution is 2.19. The largest absolute Gasteiger partial charge is 0.400 e. The second-order valence-corrected chi connectivity index (χ2v) is 5.76. The lowest BCUT2D eigenvalue weighted by atomic mass is 9.98. The summed E-state index contributed by atoms with van der Waals surface area (Å²) < 4.78 is 24.3. The summed E-state index contributed by atoms with van der Waals surface area (Å²) in [7, 11) is 2.48. The number of hydrogen-bond donors (Lipinski definition) is 5. The van der Waals surface area contributed by atoms with Crippen molar-refractivity contribution in [2.45, 2.75) is 26.9 Å². The topological polar surface area (TPSA) is 117 Å². The van der Waals surface area contributed by atoms with Gasteiger partial charge in [0.05, 0.1) is 6.61 Å². The highest BCUT2D eigenvalue weighted by molar-refractivity contribution is 6.44. The van der Waals surface area contributed by atoms with Gasteiger partial charge in [0.25, 0.3) is 12.3 Å². The number of carbonyl (C=O) groups is 1. The van der Waals surface area contributed by atoms with Gasteiger partial charge in [0.2, 0.25) is 0 Å². The first-order valence-corrected chi connectivity index (χ1v) is 8.61. The molecule has 0 saturated heterocycles. The minimum atomic E-state index is -2.45. The van der Waals surface area contributed by atoms with E-state index in [1.807, 2.05) is 13.0 Å². The molecule has 0 unspecified atom stereocenters. The Hall–Kier alpha value is -2.97. The standard InChI is InChI=1S/C11H14N2O2.C9H9F2N.CH4O/c1-7-4-3-5-8(9(7)6-14)10(12)11(15)13-2;1-6(12)7-3-2-4-8(5-7)9(10)11;1-2/h3-5,12,14H,6H2,1-2H3,(H,13,15);2-5,9,12H,1H3;2H,1H3. The van der Waals surface area contributed by atoms with Crippen molar-refractivity contribution < 1.29 is 23.8 Å². The van der Waals surface area contributed by atoms with Crippen LogP contribution in [0.15, 0.2) is 42.5 Å². The lowest BCUT2D eigenvalue weighted by molar-refractivity contribution is -0.114. The van der Waals surface area contributed by atoms with Crippen molar-refractivity contribution in [3.63, 3.8) is 0 Å². The molecule has 0 bridgehead atoms. The Balaban J connectivity index is 0.000000508. The molecule has 8 heteroatoms. The van der Waals surface area contributed by atoms with Crippen LogP contribution < -0.4 is 5.32 Å². The second-order valence-electron chi connectivity index (χ2n) is 5.76. The molecule has 0 heterocycles. The number of benzene rings is 2. The molecule has 0 aliphatic rings. The molecular formula is C21H27F2N3O3. The van der Waals surface area contributed by atoms with Gasteiger partial charge in [-0.1, -0.05) is 36.4 Å². The zero-order valence-electron chi connectivity index (χ0n) is 16.9. The lowest BCUT2D eigenvalue weighted by Gasteiger charge is -2.10. The Kier molecular flexibility index (Phi) is 11.9. The number of aliphatic hydroxyl groups excluding tert-OH is 2. The van der Waals surface area contributed by atoms with Crippen LogP contribution in [0.25, 0.3) is 0 Å². The lowest BCUT2D eigenvalue weighted by Crippen LogP contribution is -2.28. The molecule has 2 rings (SSSR count). The van der Waals surface area contributed by atoms with Crippen LogP contribution in [0.4, 0.5) is 8.78 Å². The molecule has 2 aromatic rings. The van der Waals surface area contributed by atoms with Crippen LogP contribution in [-0.4, -0.2) is 41.7 Å². The molecule has 0 aliphatic heterocycles. The van der Waals surface area contributed by atoms with Crippen LogP contribution in [-0.2, 0) is 11.4 Å². The number of rotatable bonds is 5. The van der Waals surface area contributed by atoms with E-state index < -0.39 is 12.3 Å². The van der Waals surface area contributed by atoms with E-state index in [0.29, 0.717) is 22.4 Å². The first-order chi connectivity index (χ1) is 13.7. The summed E-state index contributed by atoms with van der Waals surface area (Å²) >= 11 is 0. The monoisotopic (exact) mass is 407 g/mol. The van der Waals surface area contributed by atoms with Crippen molar-refractivity contribution in [3.8, 4) is 0 Å². The number of aliphatic hydroxyl groups is 2. The SMILES string of the molecule is CC(=N)c1cccc(C(F)F)c1.CNC(=O)C(=N)c1cccc(C)c1CO.CO. The Bertz CT molecular complexity index is 840. The average molecular weight is 407 g/mol. The summed E-state index contributed by atoms with van der Waals surface area (Å²) in [6.07, 6.45) is -2.45. The van der Waals surface area contributed by atoms with E-state index in [9.17, 15) is 18.7 Å². The van der Waals surface area contributed by atoms with Gasteiger partial charge >= 0.3 is 0 Å². The molecule has 5 N–H and O–H groups in total. The van der Waals surface area contributed by atoms with Gasteiger partial charge in [-0.2, -0.15) is 0 Å². The third-order valence-corrected chi connectivity index (χ3v) is 3.86. The van der Waals surface area contributed by atoms with Gasteiger partial charge in [-0.25, -0.2) is 8.78 Å². The zero-order valence-corrected chi connectivity index (χ0v) is 16.9. The van der Waals surface area contributed by atoms with Gasteiger partial charge in [0, 0.05) is 31.0 Å². The predicted molar refractivity (Wildman–Crippen MR) is 110 cm³/mol. The van der Waals surface area contributed by atoms with E-state index in [4.69, 9.17) is 15.9 Å². The van der Waals surface area contributed by atoms with Gasteiger partial charge in [-0.15, -0.1) is 0 Å².